The lowest BCUT2D eigenvalue weighted by atomic mass is 10.1. The van der Waals surface area contributed by atoms with Crippen LogP contribution in [0.2, 0.25) is 0 Å². The fourth-order valence-corrected chi connectivity index (χ4v) is 2.10. The second-order valence-electron chi connectivity index (χ2n) is 6.28. The Morgan fingerprint density at radius 3 is 2.71 bits per heavy atom. The van der Waals surface area contributed by atoms with Crippen LogP contribution < -0.4 is 5.32 Å². The molecule has 24 heavy (non-hydrogen) atoms. The molecule has 0 bridgehead atoms. The zero-order valence-corrected chi connectivity index (χ0v) is 13.6. The SMILES string of the molecule is CC(C)(C)OC(=O)N[C@@H](Cc1ccc2nc(C#N)cn2c1)C(=O)O. The normalized spacial score (nSPS) is 12.4. The van der Waals surface area contributed by atoms with E-state index >= 15 is 0 Å². The van der Waals surface area contributed by atoms with Crippen LogP contribution in [0.25, 0.3) is 5.65 Å². The summed E-state index contributed by atoms with van der Waals surface area (Å²) in [5, 5.41) is 20.5. The number of aromatic nitrogens is 2. The van der Waals surface area contributed by atoms with E-state index in [-0.39, 0.29) is 12.1 Å². The summed E-state index contributed by atoms with van der Waals surface area (Å²) >= 11 is 0. The van der Waals surface area contributed by atoms with Crippen LogP contribution in [0.3, 0.4) is 0 Å². The Balaban J connectivity index is 2.14. The highest BCUT2D eigenvalue weighted by Crippen LogP contribution is 2.11. The molecule has 2 heterocycles. The van der Waals surface area contributed by atoms with Crippen LogP contribution in [0.15, 0.2) is 24.5 Å². The van der Waals surface area contributed by atoms with E-state index in [1.165, 1.54) is 0 Å². The number of fused-ring (bicyclic) bond motifs is 1. The lowest BCUT2D eigenvalue weighted by molar-refractivity contribution is -0.139. The number of alkyl carbamates (subject to hydrolysis) is 1. The van der Waals surface area contributed by atoms with Gasteiger partial charge in [0.25, 0.3) is 0 Å². The molecule has 0 fully saturated rings. The summed E-state index contributed by atoms with van der Waals surface area (Å²) in [6.07, 6.45) is 2.52. The summed E-state index contributed by atoms with van der Waals surface area (Å²) in [6.45, 7) is 5.09. The number of ether oxygens (including phenoxy) is 1. The Bertz CT molecular complexity index is 814. The Morgan fingerprint density at radius 1 is 1.42 bits per heavy atom. The van der Waals surface area contributed by atoms with Gasteiger partial charge >= 0.3 is 12.1 Å². The summed E-state index contributed by atoms with van der Waals surface area (Å²) in [5.41, 5.74) is 0.820. The van der Waals surface area contributed by atoms with E-state index in [4.69, 9.17) is 10.00 Å². The van der Waals surface area contributed by atoms with E-state index in [1.807, 2.05) is 6.07 Å². The zero-order valence-electron chi connectivity index (χ0n) is 13.6. The van der Waals surface area contributed by atoms with Crippen molar-refractivity contribution in [2.75, 3.05) is 0 Å². The molecule has 0 aromatic carbocycles. The number of nitriles is 1. The number of amides is 1. The number of carboxylic acids is 1. The molecule has 2 aromatic rings. The largest absolute Gasteiger partial charge is 0.480 e. The van der Waals surface area contributed by atoms with E-state index in [2.05, 4.69) is 10.3 Å². The summed E-state index contributed by atoms with van der Waals surface area (Å²) in [4.78, 5) is 27.2. The van der Waals surface area contributed by atoms with Crippen molar-refractivity contribution in [3.8, 4) is 6.07 Å². The molecule has 0 aliphatic rings. The molecule has 0 unspecified atom stereocenters. The first-order valence-electron chi connectivity index (χ1n) is 7.28. The third-order valence-electron chi connectivity index (χ3n) is 3.06. The fraction of sp³-hybridized carbons (Fsp3) is 0.375. The monoisotopic (exact) mass is 330 g/mol. The number of carbonyl (C=O) groups is 2. The maximum atomic E-state index is 11.8. The van der Waals surface area contributed by atoms with Gasteiger partial charge in [0.05, 0.1) is 0 Å². The van der Waals surface area contributed by atoms with E-state index in [0.29, 0.717) is 11.2 Å². The van der Waals surface area contributed by atoms with Gasteiger partial charge in [-0.05, 0) is 32.4 Å². The first kappa shape index (κ1) is 17.3. The van der Waals surface area contributed by atoms with Crippen molar-refractivity contribution in [2.45, 2.75) is 38.8 Å². The van der Waals surface area contributed by atoms with Crippen LogP contribution in [0.5, 0.6) is 0 Å². The molecule has 8 heteroatoms. The Hall–Kier alpha value is -3.08. The zero-order chi connectivity index (χ0) is 17.9. The number of carbonyl (C=O) groups excluding carboxylic acids is 1. The molecular weight excluding hydrogens is 312 g/mol. The fourth-order valence-electron chi connectivity index (χ4n) is 2.10. The van der Waals surface area contributed by atoms with Gasteiger partial charge in [0.2, 0.25) is 0 Å². The maximum absolute atomic E-state index is 11.8. The van der Waals surface area contributed by atoms with Gasteiger partial charge in [-0.1, -0.05) is 6.07 Å². The van der Waals surface area contributed by atoms with Crippen molar-refractivity contribution in [2.24, 2.45) is 0 Å². The molecule has 1 atom stereocenters. The number of rotatable bonds is 4. The van der Waals surface area contributed by atoms with Crippen molar-refractivity contribution < 1.29 is 19.4 Å². The predicted molar refractivity (Wildman–Crippen MR) is 84.4 cm³/mol. The number of carboxylic acid groups (broad SMARTS) is 1. The molecule has 0 radical (unpaired) electrons. The van der Waals surface area contributed by atoms with Gasteiger partial charge in [-0.15, -0.1) is 0 Å². The molecule has 0 aliphatic carbocycles. The molecule has 8 nitrogen and oxygen atoms in total. The predicted octanol–water partition coefficient (Wildman–Crippen LogP) is 1.73. The average molecular weight is 330 g/mol. The maximum Gasteiger partial charge on any atom is 0.408 e. The van der Waals surface area contributed by atoms with Crippen LogP contribution in [-0.4, -0.2) is 38.2 Å². The van der Waals surface area contributed by atoms with Crippen molar-refractivity contribution in [1.29, 1.82) is 5.26 Å². The second-order valence-corrected chi connectivity index (χ2v) is 6.28. The summed E-state index contributed by atoms with van der Waals surface area (Å²) in [7, 11) is 0. The lowest BCUT2D eigenvalue weighted by Crippen LogP contribution is -2.44. The smallest absolute Gasteiger partial charge is 0.408 e. The standard InChI is InChI=1S/C16H18N4O4/c1-16(2,3)24-15(23)19-12(14(21)22)6-10-4-5-13-18-11(7-17)9-20(13)8-10/h4-5,8-9,12H,6H2,1-3H3,(H,19,23)(H,21,22)/t12-/m0/s1. The highest BCUT2D eigenvalue weighted by atomic mass is 16.6. The molecule has 0 saturated heterocycles. The number of hydrogen-bond donors (Lipinski definition) is 2. The van der Waals surface area contributed by atoms with Gasteiger partial charge in [0.15, 0.2) is 5.69 Å². The van der Waals surface area contributed by atoms with Gasteiger partial charge in [-0.25, -0.2) is 14.6 Å². The van der Waals surface area contributed by atoms with E-state index < -0.39 is 23.7 Å². The Morgan fingerprint density at radius 2 is 2.12 bits per heavy atom. The minimum absolute atomic E-state index is 0.0740. The van der Waals surface area contributed by atoms with E-state index in [1.54, 1.807) is 49.7 Å². The minimum Gasteiger partial charge on any atom is -0.480 e. The number of imidazole rings is 1. The lowest BCUT2D eigenvalue weighted by Gasteiger charge is -2.22. The molecule has 2 rings (SSSR count). The number of hydrogen-bond acceptors (Lipinski definition) is 5. The van der Waals surface area contributed by atoms with Crippen LogP contribution in [0, 0.1) is 11.3 Å². The quantitative estimate of drug-likeness (QED) is 0.881. The van der Waals surface area contributed by atoms with Gasteiger partial charge in [0.1, 0.15) is 23.4 Å². The van der Waals surface area contributed by atoms with Crippen LogP contribution in [-0.2, 0) is 16.0 Å². The Labute approximate surface area is 138 Å². The molecular formula is C16H18N4O4. The second kappa shape index (κ2) is 6.58. The molecule has 2 N–H and O–H groups in total. The molecule has 126 valence electrons. The number of aliphatic carboxylic acids is 1. The van der Waals surface area contributed by atoms with Crippen LogP contribution >= 0.6 is 0 Å². The van der Waals surface area contributed by atoms with Crippen LogP contribution in [0.4, 0.5) is 4.79 Å². The molecule has 0 spiro atoms. The molecule has 1 amide bonds. The van der Waals surface area contributed by atoms with Gasteiger partial charge < -0.3 is 19.6 Å². The Kier molecular flexibility index (Phi) is 4.74. The van der Waals surface area contributed by atoms with Crippen molar-refractivity contribution in [3.05, 3.63) is 35.8 Å². The number of nitrogens with zero attached hydrogens (tertiary/aromatic N) is 3. The van der Waals surface area contributed by atoms with E-state index in [9.17, 15) is 14.7 Å². The summed E-state index contributed by atoms with van der Waals surface area (Å²) in [6, 6.07) is 4.20. The van der Waals surface area contributed by atoms with Crippen molar-refractivity contribution >= 4 is 17.7 Å². The van der Waals surface area contributed by atoms with Gasteiger partial charge in [0, 0.05) is 18.8 Å². The number of pyridine rings is 1. The highest BCUT2D eigenvalue weighted by molar-refractivity contribution is 5.80. The van der Waals surface area contributed by atoms with Crippen molar-refractivity contribution in [3.63, 3.8) is 0 Å². The first-order chi connectivity index (χ1) is 11.2. The van der Waals surface area contributed by atoms with E-state index in [0.717, 1.165) is 0 Å². The topological polar surface area (TPSA) is 117 Å². The number of nitrogens with one attached hydrogen (secondary N) is 1. The third-order valence-corrected chi connectivity index (χ3v) is 3.06. The molecule has 0 saturated carbocycles. The van der Waals surface area contributed by atoms with Crippen LogP contribution in [0.1, 0.15) is 32.0 Å². The van der Waals surface area contributed by atoms with Crippen molar-refractivity contribution in [1.82, 2.24) is 14.7 Å². The van der Waals surface area contributed by atoms with Gasteiger partial charge in [-0.2, -0.15) is 5.26 Å². The minimum atomic E-state index is -1.16. The third kappa shape index (κ3) is 4.46. The summed E-state index contributed by atoms with van der Waals surface area (Å²) in [5.74, 6) is -1.16. The van der Waals surface area contributed by atoms with Gasteiger partial charge in [-0.3, -0.25) is 0 Å². The highest BCUT2D eigenvalue weighted by Gasteiger charge is 2.24. The molecule has 0 aliphatic heterocycles. The molecule has 2 aromatic heterocycles. The average Bonchev–Trinajstić information content (AvgIpc) is 2.86. The summed E-state index contributed by atoms with van der Waals surface area (Å²) < 4.78 is 6.72. The first-order valence-corrected chi connectivity index (χ1v) is 7.28.